The standard InChI is InChI=1S/C24H16ClN3O5S/c1-31-19-9-7-15(25)12-18(19)22-27-28-24(33-22)34-21(23(29)30)13-17-16-5-3-2-4-14(16)6-8-20(17)32-11-10-26/h2-9,12-13H,11H2,1H3,(H,29,30)/b21-13-. The highest BCUT2D eigenvalue weighted by molar-refractivity contribution is 8.03. The Bertz CT molecular complexity index is 1440. The first kappa shape index (κ1) is 23.2. The summed E-state index contributed by atoms with van der Waals surface area (Å²) in [7, 11) is 1.50. The number of methoxy groups -OCH3 is 1. The van der Waals surface area contributed by atoms with Gasteiger partial charge in [0, 0.05) is 10.6 Å². The molecule has 0 amide bonds. The van der Waals surface area contributed by atoms with Crippen LogP contribution in [0.2, 0.25) is 5.02 Å². The van der Waals surface area contributed by atoms with Crippen LogP contribution in [-0.2, 0) is 4.79 Å². The first-order chi connectivity index (χ1) is 16.5. The molecule has 8 nitrogen and oxygen atoms in total. The highest BCUT2D eigenvalue weighted by atomic mass is 35.5. The number of rotatable bonds is 8. The van der Waals surface area contributed by atoms with Crippen LogP contribution in [0.5, 0.6) is 11.5 Å². The van der Waals surface area contributed by atoms with Crippen LogP contribution in [0.4, 0.5) is 0 Å². The number of thioether (sulfide) groups is 1. The maximum atomic E-state index is 12.1. The normalized spacial score (nSPS) is 11.3. The lowest BCUT2D eigenvalue weighted by molar-refractivity contribution is -0.131. The summed E-state index contributed by atoms with van der Waals surface area (Å²) in [5.74, 6) is -0.192. The number of nitriles is 1. The molecule has 34 heavy (non-hydrogen) atoms. The molecular formula is C24H16ClN3O5S. The number of carboxylic acid groups (broad SMARTS) is 1. The largest absolute Gasteiger partial charge is 0.496 e. The van der Waals surface area contributed by atoms with Crippen molar-refractivity contribution in [2.75, 3.05) is 13.7 Å². The zero-order chi connectivity index (χ0) is 24.1. The smallest absolute Gasteiger partial charge is 0.342 e. The Labute approximate surface area is 203 Å². The molecule has 0 aliphatic heterocycles. The Morgan fingerprint density at radius 1 is 1.21 bits per heavy atom. The summed E-state index contributed by atoms with van der Waals surface area (Å²) in [4.78, 5) is 12.0. The molecule has 0 atom stereocenters. The van der Waals surface area contributed by atoms with Gasteiger partial charge in [0.15, 0.2) is 6.61 Å². The minimum atomic E-state index is -1.19. The molecule has 0 unspecified atom stereocenters. The number of fused-ring (bicyclic) bond motifs is 1. The monoisotopic (exact) mass is 493 g/mol. The van der Waals surface area contributed by atoms with Gasteiger partial charge in [0.05, 0.1) is 12.7 Å². The fourth-order valence-electron chi connectivity index (χ4n) is 3.23. The maximum Gasteiger partial charge on any atom is 0.342 e. The molecule has 10 heteroatoms. The SMILES string of the molecule is COc1ccc(Cl)cc1-c1nnc(S/C(=C\c2c(OCC#N)ccc3ccccc23)C(=O)O)o1. The van der Waals surface area contributed by atoms with Crippen molar-refractivity contribution in [3.8, 4) is 29.0 Å². The van der Waals surface area contributed by atoms with Crippen molar-refractivity contribution in [1.29, 1.82) is 5.26 Å². The molecule has 1 heterocycles. The average Bonchev–Trinajstić information content (AvgIpc) is 3.31. The summed E-state index contributed by atoms with van der Waals surface area (Å²) < 4.78 is 16.5. The number of ether oxygens (including phenoxy) is 2. The number of hydrogen-bond acceptors (Lipinski definition) is 8. The molecule has 0 aliphatic carbocycles. The Kier molecular flexibility index (Phi) is 7.01. The third-order valence-corrected chi connectivity index (χ3v) is 5.79. The van der Waals surface area contributed by atoms with Crippen LogP contribution in [0, 0.1) is 11.3 Å². The van der Waals surface area contributed by atoms with E-state index in [0.29, 0.717) is 27.6 Å². The first-order valence-electron chi connectivity index (χ1n) is 9.82. The number of halogens is 1. The van der Waals surface area contributed by atoms with E-state index in [1.165, 1.54) is 13.2 Å². The number of benzene rings is 3. The summed E-state index contributed by atoms with van der Waals surface area (Å²) in [6.07, 6.45) is 1.46. The number of carbonyl (C=O) groups is 1. The second-order valence-electron chi connectivity index (χ2n) is 6.78. The van der Waals surface area contributed by atoms with E-state index in [9.17, 15) is 9.90 Å². The fraction of sp³-hybridized carbons (Fsp3) is 0.0833. The summed E-state index contributed by atoms with van der Waals surface area (Å²) in [5.41, 5.74) is 1.01. The lowest BCUT2D eigenvalue weighted by Crippen LogP contribution is -2.00. The average molecular weight is 494 g/mol. The quantitative estimate of drug-likeness (QED) is 0.244. The van der Waals surface area contributed by atoms with E-state index >= 15 is 0 Å². The zero-order valence-electron chi connectivity index (χ0n) is 17.7. The molecule has 1 aromatic heterocycles. The molecule has 0 aliphatic rings. The molecule has 0 spiro atoms. The van der Waals surface area contributed by atoms with Crippen molar-refractivity contribution in [3.05, 3.63) is 70.1 Å². The second kappa shape index (κ2) is 10.3. The van der Waals surface area contributed by atoms with Gasteiger partial charge in [0.1, 0.15) is 22.5 Å². The van der Waals surface area contributed by atoms with Crippen molar-refractivity contribution >= 4 is 46.2 Å². The lowest BCUT2D eigenvalue weighted by Gasteiger charge is -2.11. The zero-order valence-corrected chi connectivity index (χ0v) is 19.3. The van der Waals surface area contributed by atoms with Crippen LogP contribution in [0.15, 0.2) is 69.1 Å². The predicted octanol–water partition coefficient (Wildman–Crippen LogP) is 5.67. The second-order valence-corrected chi connectivity index (χ2v) is 8.21. The highest BCUT2D eigenvalue weighted by Gasteiger charge is 2.19. The predicted molar refractivity (Wildman–Crippen MR) is 128 cm³/mol. The molecular weight excluding hydrogens is 478 g/mol. The van der Waals surface area contributed by atoms with E-state index in [4.69, 9.17) is 30.8 Å². The fourth-order valence-corrected chi connectivity index (χ4v) is 4.05. The maximum absolute atomic E-state index is 12.1. The van der Waals surface area contributed by atoms with E-state index in [2.05, 4.69) is 10.2 Å². The number of carboxylic acids is 1. The molecule has 1 N–H and O–H groups in total. The van der Waals surface area contributed by atoms with Crippen molar-refractivity contribution in [2.45, 2.75) is 5.22 Å². The van der Waals surface area contributed by atoms with Gasteiger partial charge in [-0.15, -0.1) is 10.2 Å². The topological polar surface area (TPSA) is 118 Å². The summed E-state index contributed by atoms with van der Waals surface area (Å²) in [5, 5.41) is 28.9. The Balaban J connectivity index is 1.73. The van der Waals surface area contributed by atoms with Crippen LogP contribution < -0.4 is 9.47 Å². The van der Waals surface area contributed by atoms with Gasteiger partial charge >= 0.3 is 5.97 Å². The molecule has 4 rings (SSSR count). The molecule has 0 bridgehead atoms. The molecule has 0 saturated heterocycles. The highest BCUT2D eigenvalue weighted by Crippen LogP contribution is 2.37. The van der Waals surface area contributed by atoms with E-state index in [-0.39, 0.29) is 22.6 Å². The number of aromatic nitrogens is 2. The molecule has 0 saturated carbocycles. The molecule has 3 aromatic carbocycles. The van der Waals surface area contributed by atoms with Gasteiger partial charge in [-0.3, -0.25) is 0 Å². The van der Waals surface area contributed by atoms with Gasteiger partial charge in [0.25, 0.3) is 11.1 Å². The van der Waals surface area contributed by atoms with Gasteiger partial charge in [-0.2, -0.15) is 5.26 Å². The van der Waals surface area contributed by atoms with Gasteiger partial charge in [-0.25, -0.2) is 4.79 Å². The number of hydrogen-bond donors (Lipinski definition) is 1. The van der Waals surface area contributed by atoms with Gasteiger partial charge in [-0.1, -0.05) is 41.9 Å². The van der Waals surface area contributed by atoms with E-state index < -0.39 is 5.97 Å². The first-order valence-corrected chi connectivity index (χ1v) is 11.0. The summed E-state index contributed by atoms with van der Waals surface area (Å²) in [6.45, 7) is -0.177. The molecule has 170 valence electrons. The molecule has 4 aromatic rings. The third-order valence-electron chi connectivity index (χ3n) is 4.70. The Morgan fingerprint density at radius 2 is 2.00 bits per heavy atom. The van der Waals surface area contributed by atoms with Crippen LogP contribution in [-0.4, -0.2) is 35.0 Å². The number of nitrogens with zero attached hydrogens (tertiary/aromatic N) is 3. The van der Waals surface area contributed by atoms with Gasteiger partial charge in [0.2, 0.25) is 0 Å². The third kappa shape index (κ3) is 4.98. The number of aliphatic carboxylic acids is 1. The van der Waals surface area contributed by atoms with Crippen molar-refractivity contribution < 1.29 is 23.8 Å². The van der Waals surface area contributed by atoms with Crippen molar-refractivity contribution in [1.82, 2.24) is 10.2 Å². The minimum absolute atomic E-state index is 0.0189. The molecule has 0 radical (unpaired) electrons. The van der Waals surface area contributed by atoms with Crippen LogP contribution >= 0.6 is 23.4 Å². The van der Waals surface area contributed by atoms with E-state index in [0.717, 1.165) is 22.5 Å². The summed E-state index contributed by atoms with van der Waals surface area (Å²) in [6, 6.07) is 17.9. The molecule has 0 fully saturated rings. The van der Waals surface area contributed by atoms with Gasteiger partial charge in [-0.05, 0) is 52.9 Å². The Hall–Kier alpha value is -4.00. The van der Waals surface area contributed by atoms with Crippen LogP contribution in [0.25, 0.3) is 28.3 Å². The van der Waals surface area contributed by atoms with Crippen LogP contribution in [0.1, 0.15) is 5.56 Å². The van der Waals surface area contributed by atoms with Crippen LogP contribution in [0.3, 0.4) is 0 Å². The van der Waals surface area contributed by atoms with E-state index in [1.54, 1.807) is 24.3 Å². The summed E-state index contributed by atoms with van der Waals surface area (Å²) >= 11 is 6.87. The van der Waals surface area contributed by atoms with Gasteiger partial charge < -0.3 is 19.0 Å². The van der Waals surface area contributed by atoms with E-state index in [1.807, 2.05) is 36.4 Å². The Morgan fingerprint density at radius 3 is 2.76 bits per heavy atom. The van der Waals surface area contributed by atoms with Crippen molar-refractivity contribution in [3.63, 3.8) is 0 Å². The minimum Gasteiger partial charge on any atom is -0.496 e. The van der Waals surface area contributed by atoms with Crippen molar-refractivity contribution in [2.24, 2.45) is 0 Å². The lowest BCUT2D eigenvalue weighted by atomic mass is 10.0.